The first kappa shape index (κ1) is 38.5. The van der Waals surface area contributed by atoms with Crippen LogP contribution in [0.4, 0.5) is 13.6 Å². The molecule has 3 saturated carbocycles. The van der Waals surface area contributed by atoms with Crippen LogP contribution in [0.3, 0.4) is 0 Å². The number of pyridine rings is 1. The Bertz CT molecular complexity index is 2120. The van der Waals surface area contributed by atoms with Crippen LogP contribution in [-0.2, 0) is 35.6 Å². The van der Waals surface area contributed by atoms with Crippen LogP contribution < -0.4 is 20.1 Å². The Morgan fingerprint density at radius 2 is 1.82 bits per heavy atom. The predicted molar refractivity (Wildman–Crippen MR) is 200 cm³/mol. The summed E-state index contributed by atoms with van der Waals surface area (Å²) in [5.74, 6) is -3.82. The fourth-order valence-corrected chi connectivity index (χ4v) is 10.0. The van der Waals surface area contributed by atoms with Gasteiger partial charge < -0.3 is 25.0 Å². The average Bonchev–Trinajstić information content (AvgIpc) is 4.08. The summed E-state index contributed by atoms with van der Waals surface area (Å²) in [6.45, 7) is 3.48. The van der Waals surface area contributed by atoms with Gasteiger partial charge in [0.15, 0.2) is 11.6 Å². The van der Waals surface area contributed by atoms with Gasteiger partial charge in [-0.1, -0.05) is 25.0 Å². The van der Waals surface area contributed by atoms with Crippen molar-refractivity contribution >= 4 is 44.7 Å². The molecule has 3 aliphatic heterocycles. The van der Waals surface area contributed by atoms with Crippen molar-refractivity contribution in [1.29, 1.82) is 0 Å². The van der Waals surface area contributed by atoms with E-state index < -0.39 is 79.4 Å². The smallest absolute Gasteiger partial charge is 0.407 e. The first-order chi connectivity index (χ1) is 26.6. The maximum Gasteiger partial charge on any atom is 0.407 e. The molecule has 3 aliphatic carbocycles. The summed E-state index contributed by atoms with van der Waals surface area (Å²) in [6, 6.07) is -0.0461. The number of hydrogen-bond acceptors (Lipinski definition) is 9. The number of aromatic nitrogens is 1. The molecule has 4 amide bonds. The Morgan fingerprint density at radius 1 is 1.05 bits per heavy atom. The summed E-state index contributed by atoms with van der Waals surface area (Å²) >= 11 is 0. The molecule has 3 N–H and O–H groups in total. The van der Waals surface area contributed by atoms with E-state index in [0.29, 0.717) is 79.7 Å². The van der Waals surface area contributed by atoms with Crippen molar-refractivity contribution in [3.8, 4) is 5.75 Å². The third-order valence-electron chi connectivity index (χ3n) is 12.9. The minimum atomic E-state index is -4.04. The van der Waals surface area contributed by atoms with Gasteiger partial charge in [-0.15, -0.1) is 0 Å². The molecule has 13 nitrogen and oxygen atoms in total. The molecule has 56 heavy (non-hydrogen) atoms. The molecule has 4 fully saturated rings. The lowest BCUT2D eigenvalue weighted by molar-refractivity contribution is -0.144. The van der Waals surface area contributed by atoms with Crippen LogP contribution in [0, 0.1) is 30.4 Å². The molecule has 8 rings (SSSR count). The fraction of sp³-hybridized carbons (Fsp3) is 0.625. The molecule has 1 aromatic heterocycles. The molecule has 0 radical (unpaired) electrons. The molecule has 1 aromatic carbocycles. The number of halogens is 2. The Hall–Kier alpha value is -4.34. The topological polar surface area (TPSA) is 173 Å². The summed E-state index contributed by atoms with van der Waals surface area (Å²) < 4.78 is 68.6. The first-order valence-electron chi connectivity index (χ1n) is 19.9. The average molecular weight is 798 g/mol. The number of aryl methyl sites for hydroxylation is 2. The molecule has 0 unspecified atom stereocenters. The standard InChI is InChI=1S/C40H49F2N5O8S/c1-23-33-26(27-18-28(41)29(42)19-31(27)43-23)13-14-39(55-33)20-32-34(48)45-40(36(50)46-56(52,53)38(2)16-17-38)15-12-25(40)8-6-4-3-5-7-9-30(35(49)47(32)22-39)44-37(51)54-21-24-10-11-24/h6,8,18-19,24-25,30,32H,3-5,7,9-17,20-22H2,1-2H3,(H,44,51)(H,45,48)(H,46,50)/b8-6-/t25-,30+,32+,39-,40-/m1/s1. The number of nitrogens with one attached hydrogen (secondary N) is 3. The van der Waals surface area contributed by atoms with Gasteiger partial charge in [-0.05, 0) is 96.5 Å². The third kappa shape index (κ3) is 7.10. The summed E-state index contributed by atoms with van der Waals surface area (Å²) in [5, 5.41) is 6.13. The lowest BCUT2D eigenvalue weighted by atomic mass is 9.65. The number of carbonyl (C=O) groups is 4. The van der Waals surface area contributed by atoms with Gasteiger partial charge in [-0.3, -0.25) is 19.1 Å². The molecular formula is C40H49F2N5O8S. The van der Waals surface area contributed by atoms with E-state index in [0.717, 1.165) is 37.8 Å². The minimum absolute atomic E-state index is 0.00664. The molecule has 1 saturated heterocycles. The van der Waals surface area contributed by atoms with Crippen LogP contribution in [0.15, 0.2) is 24.3 Å². The Balaban J connectivity index is 1.14. The molecule has 4 heterocycles. The van der Waals surface area contributed by atoms with E-state index in [4.69, 9.17) is 9.47 Å². The van der Waals surface area contributed by atoms with Crippen molar-refractivity contribution < 1.29 is 45.9 Å². The monoisotopic (exact) mass is 797 g/mol. The van der Waals surface area contributed by atoms with Gasteiger partial charge in [0.05, 0.1) is 29.1 Å². The molecule has 0 bridgehead atoms. The van der Waals surface area contributed by atoms with Gasteiger partial charge in [0.2, 0.25) is 21.8 Å². The third-order valence-corrected chi connectivity index (χ3v) is 15.1. The largest absolute Gasteiger partial charge is 0.483 e. The molecule has 302 valence electrons. The van der Waals surface area contributed by atoms with Crippen LogP contribution in [0.1, 0.15) is 102 Å². The van der Waals surface area contributed by atoms with Crippen molar-refractivity contribution in [2.24, 2.45) is 11.8 Å². The highest BCUT2D eigenvalue weighted by molar-refractivity contribution is 7.91. The van der Waals surface area contributed by atoms with Gasteiger partial charge in [0, 0.05) is 29.4 Å². The van der Waals surface area contributed by atoms with Gasteiger partial charge >= 0.3 is 6.09 Å². The van der Waals surface area contributed by atoms with Crippen molar-refractivity contribution in [3.05, 3.63) is 47.2 Å². The van der Waals surface area contributed by atoms with Crippen molar-refractivity contribution in [2.75, 3.05) is 13.2 Å². The Labute approximate surface area is 324 Å². The number of nitrogens with zero attached hydrogens (tertiary/aromatic N) is 2. The maximum atomic E-state index is 14.7. The first-order valence-corrected chi connectivity index (χ1v) is 21.4. The van der Waals surface area contributed by atoms with E-state index in [-0.39, 0.29) is 31.5 Å². The van der Waals surface area contributed by atoms with Gasteiger partial charge in [-0.2, -0.15) is 0 Å². The summed E-state index contributed by atoms with van der Waals surface area (Å²) in [7, 11) is -4.04. The van der Waals surface area contributed by atoms with E-state index in [9.17, 15) is 36.4 Å². The number of hydrogen-bond donors (Lipinski definition) is 3. The number of benzene rings is 1. The van der Waals surface area contributed by atoms with Crippen LogP contribution in [0.5, 0.6) is 5.75 Å². The van der Waals surface area contributed by atoms with Crippen LogP contribution in [0.2, 0.25) is 0 Å². The van der Waals surface area contributed by atoms with Crippen LogP contribution in [-0.4, -0.2) is 83.2 Å². The Kier molecular flexibility index (Phi) is 9.80. The highest BCUT2D eigenvalue weighted by Gasteiger charge is 2.59. The second kappa shape index (κ2) is 14.2. The van der Waals surface area contributed by atoms with Gasteiger partial charge in [0.1, 0.15) is 29.0 Å². The number of sulfonamides is 1. The zero-order valence-corrected chi connectivity index (χ0v) is 32.6. The molecule has 6 aliphatic rings. The second-order valence-electron chi connectivity index (χ2n) is 17.1. The summed E-state index contributed by atoms with van der Waals surface area (Å²) in [5.41, 5.74) is -1.35. The summed E-state index contributed by atoms with van der Waals surface area (Å²) in [4.78, 5) is 62.5. The molecular weight excluding hydrogens is 749 g/mol. The number of ether oxygens (including phenoxy) is 2. The Morgan fingerprint density at radius 3 is 2.54 bits per heavy atom. The number of rotatable bonds is 6. The number of allylic oxidation sites excluding steroid dienone is 1. The quantitative estimate of drug-likeness (QED) is 0.348. The SMILES string of the molecule is Cc1nc2cc(F)c(F)cc2c2c1O[C@]1(CC2)C[C@H]2C(=O)N[C@]3(C(=O)NS(=O)(=O)C4(C)CC4)CC[C@H]3/C=C\CCCCC[C@H](NC(=O)OCC3CC3)C(=O)N2C1. The second-order valence-corrected chi connectivity index (χ2v) is 19.3. The van der Waals surface area contributed by atoms with Crippen molar-refractivity contribution in [3.63, 3.8) is 0 Å². The lowest BCUT2D eigenvalue weighted by Crippen LogP contribution is -2.70. The van der Waals surface area contributed by atoms with E-state index in [1.165, 1.54) is 4.90 Å². The zero-order chi connectivity index (χ0) is 39.6. The number of fused-ring (bicyclic) bond motifs is 5. The number of carbonyl (C=O) groups excluding carboxylic acids is 4. The fourth-order valence-electron chi connectivity index (χ4n) is 8.72. The zero-order valence-electron chi connectivity index (χ0n) is 31.8. The maximum absolute atomic E-state index is 14.7. The van der Waals surface area contributed by atoms with E-state index in [2.05, 4.69) is 20.3 Å². The normalized spacial score (nSPS) is 30.6. The van der Waals surface area contributed by atoms with E-state index >= 15 is 0 Å². The summed E-state index contributed by atoms with van der Waals surface area (Å²) in [6.07, 6.45) is 10.4. The van der Waals surface area contributed by atoms with E-state index in [1.54, 1.807) is 13.8 Å². The van der Waals surface area contributed by atoms with Crippen molar-refractivity contribution in [1.82, 2.24) is 25.2 Å². The molecule has 16 heteroatoms. The van der Waals surface area contributed by atoms with Crippen molar-refractivity contribution in [2.45, 2.75) is 132 Å². The molecule has 5 atom stereocenters. The minimum Gasteiger partial charge on any atom is -0.483 e. The lowest BCUT2D eigenvalue weighted by Gasteiger charge is -2.48. The predicted octanol–water partition coefficient (Wildman–Crippen LogP) is 4.77. The van der Waals surface area contributed by atoms with Gasteiger partial charge in [0.25, 0.3) is 5.91 Å². The molecule has 2 aromatic rings. The number of alkyl carbamates (subject to hydrolysis) is 1. The van der Waals surface area contributed by atoms with Gasteiger partial charge in [-0.25, -0.2) is 27.0 Å². The number of amides is 4. The highest BCUT2D eigenvalue weighted by Crippen LogP contribution is 2.47. The van der Waals surface area contributed by atoms with E-state index in [1.807, 2.05) is 12.2 Å². The van der Waals surface area contributed by atoms with Crippen LogP contribution >= 0.6 is 0 Å². The molecule has 1 spiro atoms. The van der Waals surface area contributed by atoms with Crippen LogP contribution in [0.25, 0.3) is 10.9 Å². The highest BCUT2D eigenvalue weighted by atomic mass is 32.2.